The maximum Gasteiger partial charge on any atom is 0.307 e. The summed E-state index contributed by atoms with van der Waals surface area (Å²) in [7, 11) is 1.75. The number of fused-ring (bicyclic) bond motifs is 1. The van der Waals surface area contributed by atoms with Gasteiger partial charge in [0, 0.05) is 18.0 Å². The van der Waals surface area contributed by atoms with Crippen LogP contribution in [-0.4, -0.2) is 33.3 Å². The largest absolute Gasteiger partial charge is 0.481 e. The predicted octanol–water partition coefficient (Wildman–Crippen LogP) is 3.58. The summed E-state index contributed by atoms with van der Waals surface area (Å²) in [6.07, 6.45) is -0.0876. The Morgan fingerprint density at radius 1 is 1.14 bits per heavy atom. The molecule has 1 heterocycles. The molecule has 1 aromatic heterocycles. The fraction of sp³-hybridized carbons (Fsp3) is 0.200. The number of aromatic nitrogens is 1. The first kappa shape index (κ1) is 20.2. The number of aryl methyl sites for hydroxylation is 1. The quantitative estimate of drug-likeness (QED) is 0.568. The summed E-state index contributed by atoms with van der Waals surface area (Å²) in [5, 5.41) is 22.8. The lowest BCUT2D eigenvalue weighted by molar-refractivity contribution is -0.136. The number of amides is 1. The first-order valence-electron chi connectivity index (χ1n) is 8.47. The van der Waals surface area contributed by atoms with Gasteiger partial charge in [-0.1, -0.05) is 47.5 Å². The standard InChI is InChI=1S/C20H18Cl2N2O4/c1-24-16-7-6-14(21)19(22)13(16)9-17(24)20(28)23-15(10-25)12-4-2-11(3-5-12)8-18(26)27/h2-7,9,15,25H,8,10H2,1H3,(H,23,28)(H,26,27)/t15-/m1/s1. The van der Waals surface area contributed by atoms with Gasteiger partial charge in [-0.15, -0.1) is 0 Å². The van der Waals surface area contributed by atoms with Gasteiger partial charge in [-0.25, -0.2) is 0 Å². The summed E-state index contributed by atoms with van der Waals surface area (Å²) in [6, 6.07) is 11.2. The third-order valence-electron chi connectivity index (χ3n) is 4.57. The van der Waals surface area contributed by atoms with Crippen molar-refractivity contribution < 1.29 is 19.8 Å². The number of halogens is 2. The van der Waals surface area contributed by atoms with Crippen LogP contribution in [-0.2, 0) is 18.3 Å². The Morgan fingerprint density at radius 3 is 2.43 bits per heavy atom. The SMILES string of the molecule is Cn1c(C(=O)N[C@H](CO)c2ccc(CC(=O)O)cc2)cc2c(Cl)c(Cl)ccc21. The highest BCUT2D eigenvalue weighted by atomic mass is 35.5. The van der Waals surface area contributed by atoms with Crippen molar-refractivity contribution in [2.45, 2.75) is 12.5 Å². The van der Waals surface area contributed by atoms with Crippen molar-refractivity contribution in [3.63, 3.8) is 0 Å². The normalized spacial score (nSPS) is 12.1. The van der Waals surface area contributed by atoms with Crippen molar-refractivity contribution in [2.24, 2.45) is 7.05 Å². The van der Waals surface area contributed by atoms with Crippen molar-refractivity contribution in [1.29, 1.82) is 0 Å². The van der Waals surface area contributed by atoms with Crippen LogP contribution in [0.25, 0.3) is 10.9 Å². The highest BCUT2D eigenvalue weighted by Gasteiger charge is 2.20. The molecule has 3 aromatic rings. The third kappa shape index (κ3) is 3.99. The molecule has 3 rings (SSSR count). The van der Waals surface area contributed by atoms with E-state index in [4.69, 9.17) is 28.3 Å². The van der Waals surface area contributed by atoms with Crippen LogP contribution >= 0.6 is 23.2 Å². The van der Waals surface area contributed by atoms with Gasteiger partial charge >= 0.3 is 5.97 Å². The first-order chi connectivity index (χ1) is 13.3. The zero-order chi connectivity index (χ0) is 20.4. The molecular formula is C20H18Cl2N2O4. The summed E-state index contributed by atoms with van der Waals surface area (Å²) in [5.74, 6) is -1.30. The van der Waals surface area contributed by atoms with Gasteiger partial charge in [-0.3, -0.25) is 9.59 Å². The number of carbonyl (C=O) groups is 2. The minimum atomic E-state index is -0.922. The number of rotatable bonds is 6. The van der Waals surface area contributed by atoms with Crippen molar-refractivity contribution in [2.75, 3.05) is 6.61 Å². The summed E-state index contributed by atoms with van der Waals surface area (Å²) < 4.78 is 1.71. The highest BCUT2D eigenvalue weighted by Crippen LogP contribution is 2.32. The summed E-state index contributed by atoms with van der Waals surface area (Å²) in [4.78, 5) is 23.6. The fourth-order valence-electron chi connectivity index (χ4n) is 3.08. The molecular weight excluding hydrogens is 403 g/mol. The molecule has 146 valence electrons. The highest BCUT2D eigenvalue weighted by molar-refractivity contribution is 6.45. The second-order valence-corrected chi connectivity index (χ2v) is 7.19. The van der Waals surface area contributed by atoms with Crippen LogP contribution in [0, 0.1) is 0 Å². The van der Waals surface area contributed by atoms with Gasteiger partial charge in [0.05, 0.1) is 29.1 Å². The van der Waals surface area contributed by atoms with Crippen molar-refractivity contribution >= 4 is 46.0 Å². The molecule has 8 heteroatoms. The number of carboxylic acid groups (broad SMARTS) is 1. The van der Waals surface area contributed by atoms with Crippen LogP contribution < -0.4 is 5.32 Å². The van der Waals surface area contributed by atoms with Gasteiger partial charge in [-0.2, -0.15) is 0 Å². The number of carboxylic acids is 1. The lowest BCUT2D eigenvalue weighted by Gasteiger charge is -2.17. The number of aliphatic hydroxyl groups is 1. The number of hydrogen-bond acceptors (Lipinski definition) is 3. The maximum absolute atomic E-state index is 12.8. The zero-order valence-corrected chi connectivity index (χ0v) is 16.5. The lowest BCUT2D eigenvalue weighted by Crippen LogP contribution is -2.32. The van der Waals surface area contributed by atoms with Crippen LogP contribution in [0.5, 0.6) is 0 Å². The molecule has 0 unspecified atom stereocenters. The minimum Gasteiger partial charge on any atom is -0.481 e. The van der Waals surface area contributed by atoms with Crippen molar-refractivity contribution in [3.05, 3.63) is 69.3 Å². The average molecular weight is 421 g/mol. The minimum absolute atomic E-state index is 0.0876. The molecule has 0 fully saturated rings. The Bertz CT molecular complexity index is 1040. The lowest BCUT2D eigenvalue weighted by atomic mass is 10.0. The van der Waals surface area contributed by atoms with E-state index in [9.17, 15) is 14.7 Å². The van der Waals surface area contributed by atoms with Gasteiger partial charge in [0.25, 0.3) is 5.91 Å². The van der Waals surface area contributed by atoms with Gasteiger partial charge in [0.1, 0.15) is 5.69 Å². The number of hydrogen-bond donors (Lipinski definition) is 3. The average Bonchev–Trinajstić information content (AvgIpc) is 3.00. The van der Waals surface area contributed by atoms with Gasteiger partial charge in [0.2, 0.25) is 0 Å². The number of aliphatic carboxylic acids is 1. The number of benzene rings is 2. The van der Waals surface area contributed by atoms with E-state index in [0.29, 0.717) is 32.3 Å². The second kappa shape index (κ2) is 8.22. The Labute approximate surface area is 171 Å². The number of nitrogens with one attached hydrogen (secondary N) is 1. The summed E-state index contributed by atoms with van der Waals surface area (Å²) in [6.45, 7) is -0.305. The number of aliphatic hydroxyl groups excluding tert-OH is 1. The van der Waals surface area contributed by atoms with Gasteiger partial charge in [0.15, 0.2) is 0 Å². The third-order valence-corrected chi connectivity index (χ3v) is 5.39. The number of carbonyl (C=O) groups excluding carboxylic acids is 1. The molecule has 0 bridgehead atoms. The summed E-state index contributed by atoms with van der Waals surface area (Å²) in [5.41, 5.74) is 2.45. The van der Waals surface area contributed by atoms with Crippen LogP contribution in [0.1, 0.15) is 27.7 Å². The molecule has 0 spiro atoms. The van der Waals surface area contributed by atoms with Crippen LogP contribution in [0.2, 0.25) is 10.0 Å². The molecule has 1 atom stereocenters. The Kier molecular flexibility index (Phi) is 5.93. The van der Waals surface area contributed by atoms with Crippen molar-refractivity contribution in [1.82, 2.24) is 9.88 Å². The Hall–Kier alpha value is -2.54. The van der Waals surface area contributed by atoms with E-state index in [1.165, 1.54) is 0 Å². The van der Waals surface area contributed by atoms with Crippen molar-refractivity contribution in [3.8, 4) is 0 Å². The molecule has 0 saturated heterocycles. The van der Waals surface area contributed by atoms with Gasteiger partial charge in [-0.05, 0) is 29.3 Å². The maximum atomic E-state index is 12.8. The molecule has 0 aliphatic heterocycles. The molecule has 2 aromatic carbocycles. The summed E-state index contributed by atoms with van der Waals surface area (Å²) >= 11 is 12.3. The van der Waals surface area contributed by atoms with E-state index < -0.39 is 12.0 Å². The number of nitrogens with zero attached hydrogens (tertiary/aromatic N) is 1. The first-order valence-corrected chi connectivity index (χ1v) is 9.23. The van der Waals surface area contributed by atoms with Crippen LogP contribution in [0.15, 0.2) is 42.5 Å². The zero-order valence-electron chi connectivity index (χ0n) is 14.9. The topological polar surface area (TPSA) is 91.6 Å². The molecule has 0 aliphatic carbocycles. The second-order valence-electron chi connectivity index (χ2n) is 6.40. The Balaban J connectivity index is 1.84. The van der Waals surface area contributed by atoms with Crippen LogP contribution in [0.4, 0.5) is 0 Å². The van der Waals surface area contributed by atoms with E-state index in [0.717, 1.165) is 5.52 Å². The fourth-order valence-corrected chi connectivity index (χ4v) is 3.46. The van der Waals surface area contributed by atoms with E-state index in [1.807, 2.05) is 0 Å². The van der Waals surface area contributed by atoms with E-state index in [1.54, 1.807) is 54.1 Å². The smallest absolute Gasteiger partial charge is 0.307 e. The molecule has 0 radical (unpaired) electrons. The van der Waals surface area contributed by atoms with Crippen LogP contribution in [0.3, 0.4) is 0 Å². The molecule has 0 aliphatic rings. The van der Waals surface area contributed by atoms with E-state index in [-0.39, 0.29) is 18.9 Å². The molecule has 0 saturated carbocycles. The predicted molar refractivity (Wildman–Crippen MR) is 108 cm³/mol. The Morgan fingerprint density at radius 2 is 1.82 bits per heavy atom. The monoisotopic (exact) mass is 420 g/mol. The molecule has 1 amide bonds. The van der Waals surface area contributed by atoms with Gasteiger partial charge < -0.3 is 20.1 Å². The van der Waals surface area contributed by atoms with E-state index >= 15 is 0 Å². The molecule has 6 nitrogen and oxygen atoms in total. The molecule has 3 N–H and O–H groups in total. The molecule has 28 heavy (non-hydrogen) atoms. The van der Waals surface area contributed by atoms with E-state index in [2.05, 4.69) is 5.32 Å².